The second-order valence-electron chi connectivity index (χ2n) is 11.0. The van der Waals surface area contributed by atoms with E-state index in [0.717, 1.165) is 17.7 Å². The number of anilines is 1. The van der Waals surface area contributed by atoms with Gasteiger partial charge in [0.2, 0.25) is 11.8 Å². The molecule has 248 valence electrons. The number of amides is 2. The molecule has 0 saturated heterocycles. The van der Waals surface area contributed by atoms with Gasteiger partial charge in [-0.2, -0.15) is 13.2 Å². The first-order valence-electron chi connectivity index (χ1n) is 14.5. The zero-order valence-corrected chi connectivity index (χ0v) is 28.6. The summed E-state index contributed by atoms with van der Waals surface area (Å²) >= 11 is 9.28. The van der Waals surface area contributed by atoms with Crippen LogP contribution in [0.1, 0.15) is 30.5 Å². The van der Waals surface area contributed by atoms with Gasteiger partial charge in [-0.15, -0.1) is 0 Å². The van der Waals surface area contributed by atoms with E-state index >= 15 is 0 Å². The van der Waals surface area contributed by atoms with E-state index in [4.69, 9.17) is 11.6 Å². The Morgan fingerprint density at radius 2 is 1.49 bits per heavy atom. The third kappa shape index (κ3) is 9.36. The summed E-state index contributed by atoms with van der Waals surface area (Å²) in [4.78, 5) is 29.2. The molecule has 0 unspecified atom stereocenters. The molecule has 1 atom stereocenters. The lowest BCUT2D eigenvalue weighted by Gasteiger charge is -2.34. The highest BCUT2D eigenvalue weighted by molar-refractivity contribution is 9.10. The molecule has 47 heavy (non-hydrogen) atoms. The molecule has 4 aromatic rings. The topological polar surface area (TPSA) is 86.8 Å². The van der Waals surface area contributed by atoms with Crippen molar-refractivity contribution >= 4 is 55.1 Å². The van der Waals surface area contributed by atoms with Crippen LogP contribution in [0, 0.1) is 0 Å². The third-order valence-electron chi connectivity index (χ3n) is 7.10. The maximum Gasteiger partial charge on any atom is 0.417 e. The Kier molecular flexibility index (Phi) is 11.8. The Morgan fingerprint density at radius 3 is 2.09 bits per heavy atom. The molecule has 0 bridgehead atoms. The van der Waals surface area contributed by atoms with Gasteiger partial charge in [-0.1, -0.05) is 88.2 Å². The summed E-state index contributed by atoms with van der Waals surface area (Å²) in [6.45, 7) is 2.52. The number of halogens is 5. The molecule has 7 nitrogen and oxygen atoms in total. The van der Waals surface area contributed by atoms with Crippen molar-refractivity contribution in [3.63, 3.8) is 0 Å². The molecule has 13 heteroatoms. The lowest BCUT2D eigenvalue weighted by Crippen LogP contribution is -2.54. The Hall–Kier alpha value is -3.87. The van der Waals surface area contributed by atoms with E-state index in [1.54, 1.807) is 68.4 Å². The van der Waals surface area contributed by atoms with Crippen LogP contribution in [0.5, 0.6) is 0 Å². The van der Waals surface area contributed by atoms with E-state index in [0.29, 0.717) is 20.4 Å². The van der Waals surface area contributed by atoms with Gasteiger partial charge >= 0.3 is 6.18 Å². The predicted octanol–water partition coefficient (Wildman–Crippen LogP) is 7.48. The summed E-state index contributed by atoms with van der Waals surface area (Å²) in [6, 6.07) is 24.4. The molecule has 0 aliphatic heterocycles. The standard InChI is InChI=1S/C34H32BrClF3N3O4S/c1-23(2)40-33(44)31(19-24-10-5-3-6-11-24)41(21-25-12-9-13-26(35)18-25)32(43)22-42(47(45,46)28-14-7-4-8-15-28)27-16-17-30(36)29(20-27)34(37,38)39/h3-18,20,23,31H,19,21-22H2,1-2H3,(H,40,44)/t31-/m0/s1. The van der Waals surface area contributed by atoms with Crippen LogP contribution in [0.3, 0.4) is 0 Å². The van der Waals surface area contributed by atoms with Crippen molar-refractivity contribution in [2.45, 2.75) is 50.0 Å². The van der Waals surface area contributed by atoms with Gasteiger partial charge in [0, 0.05) is 23.5 Å². The Morgan fingerprint density at radius 1 is 0.872 bits per heavy atom. The van der Waals surface area contributed by atoms with Crippen molar-refractivity contribution in [2.75, 3.05) is 10.8 Å². The van der Waals surface area contributed by atoms with Crippen LogP contribution >= 0.6 is 27.5 Å². The van der Waals surface area contributed by atoms with Crippen molar-refractivity contribution < 1.29 is 31.2 Å². The second-order valence-corrected chi connectivity index (χ2v) is 14.2. The first kappa shape index (κ1) is 36.0. The predicted molar refractivity (Wildman–Crippen MR) is 179 cm³/mol. The fourth-order valence-corrected chi connectivity index (χ4v) is 7.00. The van der Waals surface area contributed by atoms with Crippen molar-refractivity contribution in [3.05, 3.63) is 129 Å². The lowest BCUT2D eigenvalue weighted by molar-refractivity contribution is -0.140. The molecule has 0 aliphatic carbocycles. The third-order valence-corrected chi connectivity index (χ3v) is 9.71. The molecule has 0 aromatic heterocycles. The van der Waals surface area contributed by atoms with Crippen LogP contribution in [-0.4, -0.2) is 43.8 Å². The number of rotatable bonds is 12. The number of alkyl halides is 3. The van der Waals surface area contributed by atoms with Gasteiger partial charge in [0.05, 0.1) is 21.2 Å². The molecule has 2 amide bonds. The summed E-state index contributed by atoms with van der Waals surface area (Å²) in [5.74, 6) is -1.29. The zero-order chi connectivity index (χ0) is 34.4. The van der Waals surface area contributed by atoms with Crippen molar-refractivity contribution in [3.8, 4) is 0 Å². The SMILES string of the molecule is CC(C)NC(=O)[C@H](Cc1ccccc1)N(Cc1cccc(Br)c1)C(=O)CN(c1ccc(Cl)c(C(F)(F)F)c1)S(=O)(=O)c1ccccc1. The summed E-state index contributed by atoms with van der Waals surface area (Å²) < 4.78 is 71.1. The fraction of sp³-hybridized carbons (Fsp3) is 0.235. The van der Waals surface area contributed by atoms with Crippen LogP contribution < -0.4 is 9.62 Å². The number of sulfonamides is 1. The zero-order valence-electron chi connectivity index (χ0n) is 25.4. The van der Waals surface area contributed by atoms with Crippen molar-refractivity contribution in [1.82, 2.24) is 10.2 Å². The number of hydrogen-bond acceptors (Lipinski definition) is 4. The van der Waals surface area contributed by atoms with E-state index in [1.165, 1.54) is 29.2 Å². The van der Waals surface area contributed by atoms with Gasteiger partial charge in [0.1, 0.15) is 12.6 Å². The summed E-state index contributed by atoms with van der Waals surface area (Å²) in [5.41, 5.74) is -0.314. The average Bonchev–Trinajstić information content (AvgIpc) is 3.02. The number of benzene rings is 4. The normalized spacial score (nSPS) is 12.4. The molecular weight excluding hydrogens is 719 g/mol. The molecule has 4 aromatic carbocycles. The Bertz CT molecular complexity index is 1810. The first-order valence-corrected chi connectivity index (χ1v) is 17.1. The van der Waals surface area contributed by atoms with E-state index in [-0.39, 0.29) is 23.9 Å². The largest absolute Gasteiger partial charge is 0.417 e. The van der Waals surface area contributed by atoms with Gasteiger partial charge in [0.15, 0.2) is 0 Å². The summed E-state index contributed by atoms with van der Waals surface area (Å²) in [7, 11) is -4.59. The van der Waals surface area contributed by atoms with Crippen LogP contribution in [0.2, 0.25) is 5.02 Å². The van der Waals surface area contributed by atoms with Gasteiger partial charge in [-0.3, -0.25) is 13.9 Å². The molecule has 4 rings (SSSR count). The molecule has 0 heterocycles. The maximum atomic E-state index is 14.4. The van der Waals surface area contributed by atoms with E-state index in [1.807, 2.05) is 6.07 Å². The number of carbonyl (C=O) groups excluding carboxylic acids is 2. The Labute approximate surface area is 285 Å². The second kappa shape index (κ2) is 15.4. The van der Waals surface area contributed by atoms with E-state index < -0.39 is 56.9 Å². The van der Waals surface area contributed by atoms with Crippen molar-refractivity contribution in [1.29, 1.82) is 0 Å². The minimum Gasteiger partial charge on any atom is -0.352 e. The van der Waals surface area contributed by atoms with E-state index in [9.17, 15) is 31.2 Å². The minimum atomic E-state index is -4.90. The average molecular weight is 751 g/mol. The molecular formula is C34H32BrClF3N3O4S. The molecule has 0 aliphatic rings. The fourth-order valence-electron chi connectivity index (χ4n) is 4.90. The summed E-state index contributed by atoms with van der Waals surface area (Å²) in [6.07, 6.45) is -4.81. The quantitative estimate of drug-likeness (QED) is 0.163. The van der Waals surface area contributed by atoms with Crippen LogP contribution in [0.4, 0.5) is 18.9 Å². The lowest BCUT2D eigenvalue weighted by atomic mass is 10.0. The Balaban J connectivity index is 1.86. The first-order chi connectivity index (χ1) is 22.2. The number of nitrogens with zero attached hydrogens (tertiary/aromatic N) is 2. The van der Waals surface area contributed by atoms with E-state index in [2.05, 4.69) is 21.2 Å². The summed E-state index contributed by atoms with van der Waals surface area (Å²) in [5, 5.41) is 2.22. The van der Waals surface area contributed by atoms with Gasteiger partial charge in [-0.05, 0) is 67.4 Å². The van der Waals surface area contributed by atoms with Gasteiger partial charge < -0.3 is 10.2 Å². The van der Waals surface area contributed by atoms with Crippen LogP contribution in [0.25, 0.3) is 0 Å². The smallest absolute Gasteiger partial charge is 0.352 e. The van der Waals surface area contributed by atoms with Crippen LogP contribution in [-0.2, 0) is 38.8 Å². The van der Waals surface area contributed by atoms with Gasteiger partial charge in [-0.25, -0.2) is 8.42 Å². The monoisotopic (exact) mass is 749 g/mol. The number of carbonyl (C=O) groups is 2. The number of hydrogen-bond donors (Lipinski definition) is 1. The molecule has 0 saturated carbocycles. The highest BCUT2D eigenvalue weighted by atomic mass is 79.9. The number of nitrogens with one attached hydrogen (secondary N) is 1. The molecule has 0 spiro atoms. The highest BCUT2D eigenvalue weighted by Gasteiger charge is 2.37. The maximum absolute atomic E-state index is 14.4. The van der Waals surface area contributed by atoms with Gasteiger partial charge in [0.25, 0.3) is 10.0 Å². The molecule has 0 radical (unpaired) electrons. The van der Waals surface area contributed by atoms with Crippen LogP contribution in [0.15, 0.2) is 112 Å². The highest BCUT2D eigenvalue weighted by Crippen LogP contribution is 2.38. The van der Waals surface area contributed by atoms with Crippen molar-refractivity contribution in [2.24, 2.45) is 0 Å². The minimum absolute atomic E-state index is 0.0870. The molecule has 1 N–H and O–H groups in total. The molecule has 0 fully saturated rings.